The highest BCUT2D eigenvalue weighted by molar-refractivity contribution is 7.99. The lowest BCUT2D eigenvalue weighted by Gasteiger charge is -2.42. The molecule has 0 heterocycles. The SMILES string of the molecule is CC(C)(C)CC(C)(CC(C)(C)C)C(S)S. The molecule has 0 radical (unpaired) electrons. The van der Waals surface area contributed by atoms with E-state index in [2.05, 4.69) is 73.7 Å². The molecule has 0 aromatic carbocycles. The quantitative estimate of drug-likeness (QED) is 0.507. The van der Waals surface area contributed by atoms with Crippen molar-refractivity contribution in [2.24, 2.45) is 16.2 Å². The minimum absolute atomic E-state index is 0.149. The third-order valence-electron chi connectivity index (χ3n) is 2.49. The molecule has 0 aromatic heterocycles. The normalized spacial score (nSPS) is 14.8. The third kappa shape index (κ3) is 6.78. The molecule has 0 atom stereocenters. The number of rotatable bonds is 3. The van der Waals surface area contributed by atoms with Gasteiger partial charge >= 0.3 is 0 Å². The maximum Gasteiger partial charge on any atom is 0.0496 e. The van der Waals surface area contributed by atoms with Crippen LogP contribution in [0, 0.1) is 16.2 Å². The van der Waals surface area contributed by atoms with E-state index in [0.29, 0.717) is 10.8 Å². The molecule has 92 valence electrons. The molecule has 0 amide bonds. The number of hydrogen-bond acceptors (Lipinski definition) is 2. The molecule has 2 heteroatoms. The van der Waals surface area contributed by atoms with Crippen molar-refractivity contribution in [3.8, 4) is 0 Å². The highest BCUT2D eigenvalue weighted by atomic mass is 32.2. The van der Waals surface area contributed by atoms with Crippen molar-refractivity contribution in [3.05, 3.63) is 0 Å². The van der Waals surface area contributed by atoms with Gasteiger partial charge < -0.3 is 0 Å². The first-order valence-electron chi connectivity index (χ1n) is 5.72. The van der Waals surface area contributed by atoms with Crippen LogP contribution in [-0.4, -0.2) is 4.58 Å². The predicted octanol–water partition coefficient (Wildman–Crippen LogP) is 5.05. The molecule has 0 spiro atoms. The summed E-state index contributed by atoms with van der Waals surface area (Å²) in [5.74, 6) is 0. The van der Waals surface area contributed by atoms with Gasteiger partial charge in [0.1, 0.15) is 0 Å². The summed E-state index contributed by atoms with van der Waals surface area (Å²) in [6, 6.07) is 0. The zero-order valence-electron chi connectivity index (χ0n) is 11.4. The van der Waals surface area contributed by atoms with Gasteiger partial charge in [-0.15, -0.1) is 0 Å². The summed E-state index contributed by atoms with van der Waals surface area (Å²) in [6.45, 7) is 16.1. The van der Waals surface area contributed by atoms with Crippen molar-refractivity contribution in [2.75, 3.05) is 0 Å². The van der Waals surface area contributed by atoms with Gasteiger partial charge in [0.25, 0.3) is 0 Å². The summed E-state index contributed by atoms with van der Waals surface area (Å²) in [6.07, 6.45) is 2.32. The molecule has 0 N–H and O–H groups in total. The van der Waals surface area contributed by atoms with E-state index in [-0.39, 0.29) is 10.00 Å². The minimum Gasteiger partial charge on any atom is -0.165 e. The first-order valence-corrected chi connectivity index (χ1v) is 6.75. The van der Waals surface area contributed by atoms with Crippen LogP contribution < -0.4 is 0 Å². The molecular formula is C13H28S2. The van der Waals surface area contributed by atoms with Gasteiger partial charge in [0.15, 0.2) is 0 Å². The van der Waals surface area contributed by atoms with Crippen LogP contribution in [0.15, 0.2) is 0 Å². The molecule has 0 rings (SSSR count). The van der Waals surface area contributed by atoms with Crippen molar-refractivity contribution in [3.63, 3.8) is 0 Å². The summed E-state index contributed by atoms with van der Waals surface area (Å²) in [7, 11) is 0. The van der Waals surface area contributed by atoms with Crippen molar-refractivity contribution < 1.29 is 0 Å². The number of hydrogen-bond donors (Lipinski definition) is 2. The highest BCUT2D eigenvalue weighted by Gasteiger charge is 2.37. The van der Waals surface area contributed by atoms with E-state index >= 15 is 0 Å². The Balaban J connectivity index is 4.76. The van der Waals surface area contributed by atoms with Crippen LogP contribution in [-0.2, 0) is 0 Å². The standard InChI is InChI=1S/C13H28S2/c1-11(2,3)8-13(7,10(14)15)9-12(4,5)6/h10,14-15H,8-9H2,1-7H3. The van der Waals surface area contributed by atoms with E-state index in [9.17, 15) is 0 Å². The first kappa shape index (κ1) is 15.7. The molecule has 0 saturated carbocycles. The molecule has 0 aliphatic carbocycles. The van der Waals surface area contributed by atoms with Gasteiger partial charge in [-0.2, -0.15) is 25.3 Å². The smallest absolute Gasteiger partial charge is 0.0496 e. The molecular weight excluding hydrogens is 220 g/mol. The molecule has 0 bridgehead atoms. The van der Waals surface area contributed by atoms with Crippen LogP contribution in [0.2, 0.25) is 0 Å². The van der Waals surface area contributed by atoms with Crippen molar-refractivity contribution in [1.29, 1.82) is 0 Å². The Kier molecular flexibility index (Phi) is 5.14. The maximum absolute atomic E-state index is 4.57. The average Bonchev–Trinajstić information content (AvgIpc) is 1.75. The van der Waals surface area contributed by atoms with E-state index in [1.165, 1.54) is 0 Å². The van der Waals surface area contributed by atoms with Gasteiger partial charge in [-0.1, -0.05) is 48.5 Å². The molecule has 0 aliphatic heterocycles. The van der Waals surface area contributed by atoms with Gasteiger partial charge in [-0.3, -0.25) is 0 Å². The monoisotopic (exact) mass is 248 g/mol. The second-order valence-corrected chi connectivity index (χ2v) is 8.94. The Hall–Kier alpha value is 0.700. The second-order valence-electron chi connectivity index (χ2n) is 7.50. The topological polar surface area (TPSA) is 0 Å². The molecule has 0 saturated heterocycles. The van der Waals surface area contributed by atoms with Gasteiger partial charge in [-0.25, -0.2) is 0 Å². The van der Waals surface area contributed by atoms with Crippen LogP contribution in [0.5, 0.6) is 0 Å². The highest BCUT2D eigenvalue weighted by Crippen LogP contribution is 2.46. The van der Waals surface area contributed by atoms with Crippen LogP contribution in [0.25, 0.3) is 0 Å². The van der Waals surface area contributed by atoms with Crippen molar-refractivity contribution >= 4 is 25.3 Å². The fourth-order valence-electron chi connectivity index (χ4n) is 2.67. The molecule has 0 aromatic rings. The van der Waals surface area contributed by atoms with E-state index in [1.807, 2.05) is 0 Å². The van der Waals surface area contributed by atoms with Gasteiger partial charge in [0.2, 0.25) is 0 Å². The first-order chi connectivity index (χ1) is 6.36. The Bertz CT molecular complexity index is 178. The van der Waals surface area contributed by atoms with E-state index in [0.717, 1.165) is 12.8 Å². The summed E-state index contributed by atoms with van der Waals surface area (Å²) >= 11 is 9.13. The van der Waals surface area contributed by atoms with Crippen LogP contribution in [0.4, 0.5) is 0 Å². The molecule has 15 heavy (non-hydrogen) atoms. The van der Waals surface area contributed by atoms with Crippen LogP contribution in [0.1, 0.15) is 61.3 Å². The maximum atomic E-state index is 4.57. The Morgan fingerprint density at radius 3 is 1.13 bits per heavy atom. The summed E-state index contributed by atoms with van der Waals surface area (Å²) in [5, 5.41) is 0. The summed E-state index contributed by atoms with van der Waals surface area (Å²) in [5.41, 5.74) is 0.871. The zero-order chi connectivity index (χ0) is 12.5. The lowest BCUT2D eigenvalue weighted by molar-refractivity contribution is 0.141. The van der Waals surface area contributed by atoms with Gasteiger partial charge in [0.05, 0.1) is 0 Å². The Morgan fingerprint density at radius 1 is 0.733 bits per heavy atom. The predicted molar refractivity (Wildman–Crippen MR) is 78.0 cm³/mol. The molecule has 0 unspecified atom stereocenters. The Morgan fingerprint density at radius 2 is 1.00 bits per heavy atom. The molecule has 0 nitrogen and oxygen atoms in total. The lowest BCUT2D eigenvalue weighted by Crippen LogP contribution is -2.34. The zero-order valence-corrected chi connectivity index (χ0v) is 13.2. The molecule has 0 aliphatic rings. The third-order valence-corrected chi connectivity index (χ3v) is 3.74. The van der Waals surface area contributed by atoms with Crippen LogP contribution >= 0.6 is 25.3 Å². The summed E-state index contributed by atoms with van der Waals surface area (Å²) < 4.78 is 0.149. The summed E-state index contributed by atoms with van der Waals surface area (Å²) in [4.78, 5) is 0. The van der Waals surface area contributed by atoms with Gasteiger partial charge in [-0.05, 0) is 29.1 Å². The van der Waals surface area contributed by atoms with Gasteiger partial charge in [0, 0.05) is 4.58 Å². The molecule has 0 fully saturated rings. The second kappa shape index (κ2) is 4.91. The van der Waals surface area contributed by atoms with E-state index in [4.69, 9.17) is 0 Å². The average molecular weight is 249 g/mol. The van der Waals surface area contributed by atoms with Crippen molar-refractivity contribution in [2.45, 2.75) is 65.9 Å². The fraction of sp³-hybridized carbons (Fsp3) is 1.00. The number of thiol groups is 2. The largest absolute Gasteiger partial charge is 0.165 e. The minimum atomic E-state index is 0.149. The van der Waals surface area contributed by atoms with Crippen LogP contribution in [0.3, 0.4) is 0 Å². The van der Waals surface area contributed by atoms with E-state index < -0.39 is 0 Å². The van der Waals surface area contributed by atoms with Crippen molar-refractivity contribution in [1.82, 2.24) is 0 Å². The Labute approximate surface area is 107 Å². The fourth-order valence-corrected chi connectivity index (χ4v) is 3.03. The lowest BCUT2D eigenvalue weighted by atomic mass is 9.68. The van der Waals surface area contributed by atoms with E-state index in [1.54, 1.807) is 0 Å².